The summed E-state index contributed by atoms with van der Waals surface area (Å²) in [4.78, 5) is 17.6. The van der Waals surface area contributed by atoms with E-state index < -0.39 is 0 Å². The number of benzene rings is 1. The van der Waals surface area contributed by atoms with Gasteiger partial charge < -0.3 is 9.80 Å². The number of aromatic nitrogens is 3. The summed E-state index contributed by atoms with van der Waals surface area (Å²) in [6.45, 7) is 2.89. The highest BCUT2D eigenvalue weighted by molar-refractivity contribution is 5.58. The molecule has 0 saturated heterocycles. The van der Waals surface area contributed by atoms with Gasteiger partial charge in [0, 0.05) is 50.5 Å². The molecule has 2 aromatic heterocycles. The monoisotopic (exact) mass is 333 g/mol. The van der Waals surface area contributed by atoms with Crippen LogP contribution in [0.25, 0.3) is 0 Å². The van der Waals surface area contributed by atoms with E-state index in [9.17, 15) is 0 Å². The Morgan fingerprint density at radius 1 is 0.920 bits per heavy atom. The lowest BCUT2D eigenvalue weighted by Crippen LogP contribution is -2.23. The molecule has 0 radical (unpaired) electrons. The molecular formula is C20H23N5. The summed E-state index contributed by atoms with van der Waals surface area (Å²) < 4.78 is 0. The first kappa shape index (κ1) is 16.9. The molecule has 25 heavy (non-hydrogen) atoms. The minimum atomic E-state index is 0.706. The molecule has 0 aliphatic heterocycles. The van der Waals surface area contributed by atoms with Crippen LogP contribution in [0.4, 0.5) is 17.5 Å². The fourth-order valence-electron chi connectivity index (χ4n) is 2.61. The number of nitrogens with zero attached hydrogens (tertiary/aromatic N) is 5. The SMILES string of the molecule is Cc1cc(N(C)CCc2ccncc2)nc(N(C)c2ccccc2)n1. The summed E-state index contributed by atoms with van der Waals surface area (Å²) in [5, 5.41) is 0. The number of para-hydroxylation sites is 1. The summed E-state index contributed by atoms with van der Waals surface area (Å²) in [6.07, 6.45) is 4.61. The molecule has 0 bridgehead atoms. The van der Waals surface area contributed by atoms with Gasteiger partial charge >= 0.3 is 0 Å². The van der Waals surface area contributed by atoms with Crippen molar-refractivity contribution in [3.05, 3.63) is 72.2 Å². The quantitative estimate of drug-likeness (QED) is 0.689. The van der Waals surface area contributed by atoms with Crippen LogP contribution in [-0.4, -0.2) is 35.6 Å². The maximum atomic E-state index is 4.75. The van der Waals surface area contributed by atoms with Gasteiger partial charge in [0.2, 0.25) is 5.95 Å². The zero-order valence-corrected chi connectivity index (χ0v) is 14.9. The van der Waals surface area contributed by atoms with E-state index in [1.54, 1.807) is 0 Å². The molecule has 1 aromatic carbocycles. The van der Waals surface area contributed by atoms with Crippen LogP contribution in [0.3, 0.4) is 0 Å². The fraction of sp³-hybridized carbons (Fsp3) is 0.250. The van der Waals surface area contributed by atoms with Crippen LogP contribution in [-0.2, 0) is 6.42 Å². The average Bonchev–Trinajstić information content (AvgIpc) is 2.66. The Morgan fingerprint density at radius 3 is 2.36 bits per heavy atom. The maximum Gasteiger partial charge on any atom is 0.231 e. The van der Waals surface area contributed by atoms with Crippen molar-refractivity contribution in [3.63, 3.8) is 0 Å². The van der Waals surface area contributed by atoms with Crippen LogP contribution in [0.15, 0.2) is 60.9 Å². The van der Waals surface area contributed by atoms with Gasteiger partial charge in [0.15, 0.2) is 0 Å². The topological polar surface area (TPSA) is 45.2 Å². The third-order valence-corrected chi connectivity index (χ3v) is 4.15. The highest BCUT2D eigenvalue weighted by atomic mass is 15.3. The van der Waals surface area contributed by atoms with Gasteiger partial charge in [0.1, 0.15) is 5.82 Å². The van der Waals surface area contributed by atoms with Crippen molar-refractivity contribution < 1.29 is 0 Å². The first-order chi connectivity index (χ1) is 12.1. The molecule has 0 amide bonds. The van der Waals surface area contributed by atoms with Gasteiger partial charge in [-0.3, -0.25) is 4.98 Å². The Balaban J connectivity index is 1.76. The molecule has 2 heterocycles. The van der Waals surface area contributed by atoms with Crippen LogP contribution < -0.4 is 9.80 Å². The minimum absolute atomic E-state index is 0.706. The Labute approximate surface area is 149 Å². The summed E-state index contributed by atoms with van der Waals surface area (Å²) in [5.74, 6) is 1.64. The molecule has 0 spiro atoms. The summed E-state index contributed by atoms with van der Waals surface area (Å²) >= 11 is 0. The smallest absolute Gasteiger partial charge is 0.231 e. The third-order valence-electron chi connectivity index (χ3n) is 4.15. The third kappa shape index (κ3) is 4.32. The van der Waals surface area contributed by atoms with E-state index in [1.165, 1.54) is 5.56 Å². The number of anilines is 3. The molecule has 5 nitrogen and oxygen atoms in total. The molecule has 0 fully saturated rings. The van der Waals surface area contributed by atoms with E-state index in [0.29, 0.717) is 5.95 Å². The first-order valence-electron chi connectivity index (χ1n) is 8.38. The van der Waals surface area contributed by atoms with Gasteiger partial charge in [-0.1, -0.05) is 18.2 Å². The van der Waals surface area contributed by atoms with Crippen molar-refractivity contribution in [3.8, 4) is 0 Å². The van der Waals surface area contributed by atoms with E-state index >= 15 is 0 Å². The standard InChI is InChI=1S/C20H23N5/c1-16-15-19(24(2)14-11-17-9-12-21-13-10-17)23-20(22-16)25(3)18-7-5-4-6-8-18/h4-10,12-13,15H,11,14H2,1-3H3. The van der Waals surface area contributed by atoms with Crippen LogP contribution in [0.5, 0.6) is 0 Å². The van der Waals surface area contributed by atoms with Crippen LogP contribution in [0, 0.1) is 6.92 Å². The molecule has 0 atom stereocenters. The molecule has 0 N–H and O–H groups in total. The molecule has 0 unspecified atom stereocenters. The molecule has 3 rings (SSSR count). The van der Waals surface area contributed by atoms with Crippen molar-refractivity contribution in [2.75, 3.05) is 30.4 Å². The van der Waals surface area contributed by atoms with Gasteiger partial charge in [-0.15, -0.1) is 0 Å². The van der Waals surface area contributed by atoms with Gasteiger partial charge in [0.05, 0.1) is 0 Å². The Hall–Kier alpha value is -2.95. The first-order valence-corrected chi connectivity index (χ1v) is 8.38. The van der Waals surface area contributed by atoms with Gasteiger partial charge in [-0.25, -0.2) is 4.98 Å². The maximum absolute atomic E-state index is 4.75. The summed E-state index contributed by atoms with van der Waals surface area (Å²) in [6, 6.07) is 16.3. The number of hydrogen-bond acceptors (Lipinski definition) is 5. The largest absolute Gasteiger partial charge is 0.359 e. The van der Waals surface area contributed by atoms with Crippen molar-refractivity contribution in [1.82, 2.24) is 15.0 Å². The lowest BCUT2D eigenvalue weighted by Gasteiger charge is -2.22. The second-order valence-electron chi connectivity index (χ2n) is 6.09. The second-order valence-corrected chi connectivity index (χ2v) is 6.09. The Morgan fingerprint density at radius 2 is 1.64 bits per heavy atom. The van der Waals surface area contributed by atoms with Gasteiger partial charge in [-0.05, 0) is 43.2 Å². The number of aryl methyl sites for hydroxylation is 1. The van der Waals surface area contributed by atoms with E-state index in [0.717, 1.165) is 30.2 Å². The predicted molar refractivity (Wildman–Crippen MR) is 102 cm³/mol. The highest BCUT2D eigenvalue weighted by Crippen LogP contribution is 2.22. The van der Waals surface area contributed by atoms with Gasteiger partial charge in [-0.2, -0.15) is 4.98 Å². The lowest BCUT2D eigenvalue weighted by molar-refractivity contribution is 0.848. The number of hydrogen-bond donors (Lipinski definition) is 0. The number of rotatable bonds is 6. The van der Waals surface area contributed by atoms with Crippen molar-refractivity contribution in [2.45, 2.75) is 13.3 Å². The highest BCUT2D eigenvalue weighted by Gasteiger charge is 2.11. The fourth-order valence-corrected chi connectivity index (χ4v) is 2.61. The Bertz CT molecular complexity index is 805. The van der Waals surface area contributed by atoms with E-state index in [4.69, 9.17) is 4.98 Å². The minimum Gasteiger partial charge on any atom is -0.359 e. The molecule has 0 aliphatic rings. The van der Waals surface area contributed by atoms with E-state index in [1.807, 2.05) is 67.7 Å². The van der Waals surface area contributed by atoms with Crippen LogP contribution in [0.1, 0.15) is 11.3 Å². The number of likely N-dealkylation sites (N-methyl/N-ethyl adjacent to an activating group) is 1. The van der Waals surface area contributed by atoms with E-state index in [2.05, 4.69) is 34.0 Å². The molecule has 0 saturated carbocycles. The summed E-state index contributed by atoms with van der Waals surface area (Å²) in [7, 11) is 4.06. The Kier molecular flexibility index (Phi) is 5.23. The zero-order chi connectivity index (χ0) is 17.6. The van der Waals surface area contributed by atoms with Crippen LogP contribution >= 0.6 is 0 Å². The second kappa shape index (κ2) is 7.75. The lowest BCUT2D eigenvalue weighted by atomic mass is 10.2. The molecular weight excluding hydrogens is 310 g/mol. The number of pyridine rings is 1. The van der Waals surface area contributed by atoms with Gasteiger partial charge in [0.25, 0.3) is 0 Å². The molecule has 5 heteroatoms. The van der Waals surface area contributed by atoms with E-state index in [-0.39, 0.29) is 0 Å². The van der Waals surface area contributed by atoms with Crippen LogP contribution in [0.2, 0.25) is 0 Å². The predicted octanol–water partition coefficient (Wildman–Crippen LogP) is 3.63. The van der Waals surface area contributed by atoms with Crippen molar-refractivity contribution in [1.29, 1.82) is 0 Å². The van der Waals surface area contributed by atoms with Crippen molar-refractivity contribution in [2.24, 2.45) is 0 Å². The summed E-state index contributed by atoms with van der Waals surface area (Å²) in [5.41, 5.74) is 3.30. The van der Waals surface area contributed by atoms with Crippen molar-refractivity contribution >= 4 is 17.5 Å². The zero-order valence-electron chi connectivity index (χ0n) is 14.9. The average molecular weight is 333 g/mol. The molecule has 128 valence electrons. The molecule has 3 aromatic rings. The molecule has 0 aliphatic carbocycles. The normalized spacial score (nSPS) is 10.5.